The fourth-order valence-corrected chi connectivity index (χ4v) is 4.71. The van der Waals surface area contributed by atoms with Crippen molar-refractivity contribution in [3.63, 3.8) is 0 Å². The molecule has 0 spiro atoms. The molecule has 7 heteroatoms. The number of nitrogens with zero attached hydrogens (tertiary/aromatic N) is 3. The molecule has 1 fully saturated rings. The molecule has 1 amide bonds. The molecule has 2 heterocycles. The smallest absolute Gasteiger partial charge is 0.274 e. The standard InChI is InChI=1S/C29H28N4O3/c34-27(21-10-2-1-3-11-21)23-13-5-6-14-24(23)28(35)30-20-26-22-12-4-7-15-25(22)29(36)33(31-26)19-18-32-16-8-9-17-32/h1-7,10-15H,8-9,16-20H2,(H,30,35). The number of fused-ring (bicyclic) bond motifs is 1. The number of carbonyl (C=O) groups is 2. The first-order chi connectivity index (χ1) is 17.6. The highest BCUT2D eigenvalue weighted by Gasteiger charge is 2.19. The summed E-state index contributed by atoms with van der Waals surface area (Å²) in [7, 11) is 0. The second kappa shape index (κ2) is 10.7. The molecule has 5 rings (SSSR count). The third-order valence-electron chi connectivity index (χ3n) is 6.64. The number of aromatic nitrogens is 2. The van der Waals surface area contributed by atoms with Crippen LogP contribution in [-0.4, -0.2) is 46.0 Å². The molecule has 1 aliphatic rings. The van der Waals surface area contributed by atoms with Crippen molar-refractivity contribution in [1.82, 2.24) is 20.0 Å². The third kappa shape index (κ3) is 4.97. The minimum atomic E-state index is -0.365. The molecule has 4 aromatic rings. The van der Waals surface area contributed by atoms with Gasteiger partial charge in [-0.15, -0.1) is 0 Å². The van der Waals surface area contributed by atoms with Gasteiger partial charge in [-0.2, -0.15) is 5.10 Å². The molecule has 7 nitrogen and oxygen atoms in total. The molecule has 0 aliphatic carbocycles. The van der Waals surface area contributed by atoms with Crippen LogP contribution >= 0.6 is 0 Å². The topological polar surface area (TPSA) is 84.3 Å². The number of rotatable bonds is 8. The molecule has 0 saturated carbocycles. The highest BCUT2D eigenvalue weighted by molar-refractivity contribution is 6.15. The molecule has 0 bridgehead atoms. The summed E-state index contributed by atoms with van der Waals surface area (Å²) in [5.74, 6) is -0.573. The number of nitrogens with one attached hydrogen (secondary N) is 1. The van der Waals surface area contributed by atoms with E-state index in [0.29, 0.717) is 39.7 Å². The summed E-state index contributed by atoms with van der Waals surface area (Å²) < 4.78 is 1.51. The minimum absolute atomic E-state index is 0.126. The van der Waals surface area contributed by atoms with Gasteiger partial charge < -0.3 is 10.2 Å². The number of amides is 1. The van der Waals surface area contributed by atoms with Gasteiger partial charge in [0, 0.05) is 23.1 Å². The van der Waals surface area contributed by atoms with E-state index < -0.39 is 0 Å². The van der Waals surface area contributed by atoms with E-state index in [9.17, 15) is 14.4 Å². The summed E-state index contributed by atoms with van der Waals surface area (Å²) >= 11 is 0. The van der Waals surface area contributed by atoms with E-state index in [1.807, 2.05) is 24.3 Å². The van der Waals surface area contributed by atoms with Crippen LogP contribution in [0.25, 0.3) is 10.8 Å². The van der Waals surface area contributed by atoms with E-state index in [4.69, 9.17) is 0 Å². The summed E-state index contributed by atoms with van der Waals surface area (Å²) in [5, 5.41) is 8.84. The van der Waals surface area contributed by atoms with E-state index in [2.05, 4.69) is 15.3 Å². The zero-order valence-electron chi connectivity index (χ0n) is 20.0. The van der Waals surface area contributed by atoms with E-state index in [1.165, 1.54) is 17.5 Å². The van der Waals surface area contributed by atoms with Gasteiger partial charge in [0.25, 0.3) is 11.5 Å². The maximum Gasteiger partial charge on any atom is 0.274 e. The number of likely N-dealkylation sites (tertiary alicyclic amines) is 1. The highest BCUT2D eigenvalue weighted by atomic mass is 16.2. The molecule has 0 atom stereocenters. The lowest BCUT2D eigenvalue weighted by Crippen LogP contribution is -2.33. The Morgan fingerprint density at radius 3 is 2.17 bits per heavy atom. The summed E-state index contributed by atoms with van der Waals surface area (Å²) in [5.41, 5.74) is 1.66. The van der Waals surface area contributed by atoms with Gasteiger partial charge in [-0.25, -0.2) is 4.68 Å². The predicted molar refractivity (Wildman–Crippen MR) is 139 cm³/mol. The van der Waals surface area contributed by atoms with Crippen LogP contribution in [-0.2, 0) is 13.1 Å². The number of carbonyl (C=O) groups excluding carboxylic acids is 2. The molecule has 182 valence electrons. The number of hydrogen-bond acceptors (Lipinski definition) is 5. The monoisotopic (exact) mass is 480 g/mol. The second-order valence-electron chi connectivity index (χ2n) is 8.99. The van der Waals surface area contributed by atoms with Gasteiger partial charge in [0.05, 0.1) is 29.7 Å². The van der Waals surface area contributed by atoms with Gasteiger partial charge in [-0.05, 0) is 38.1 Å². The Kier molecular flexibility index (Phi) is 7.00. The lowest BCUT2D eigenvalue weighted by molar-refractivity contribution is 0.0939. The predicted octanol–water partition coefficient (Wildman–Crippen LogP) is 3.65. The van der Waals surface area contributed by atoms with Crippen LogP contribution in [0.15, 0.2) is 83.7 Å². The molecule has 3 aromatic carbocycles. The van der Waals surface area contributed by atoms with Crippen molar-refractivity contribution < 1.29 is 9.59 Å². The summed E-state index contributed by atoms with van der Waals surface area (Å²) in [4.78, 5) is 41.6. The van der Waals surface area contributed by atoms with Crippen LogP contribution < -0.4 is 10.9 Å². The average molecular weight is 481 g/mol. The van der Waals surface area contributed by atoms with Gasteiger partial charge in [0.2, 0.25) is 0 Å². The Morgan fingerprint density at radius 1 is 0.778 bits per heavy atom. The molecule has 1 saturated heterocycles. The minimum Gasteiger partial charge on any atom is -0.346 e. The Morgan fingerprint density at radius 2 is 1.42 bits per heavy atom. The molecular formula is C29H28N4O3. The van der Waals surface area contributed by atoms with Crippen molar-refractivity contribution in [2.24, 2.45) is 0 Å². The van der Waals surface area contributed by atoms with Gasteiger partial charge in [0.15, 0.2) is 5.78 Å². The molecule has 0 radical (unpaired) electrons. The number of hydrogen-bond donors (Lipinski definition) is 1. The quantitative estimate of drug-likeness (QED) is 0.389. The summed E-state index contributed by atoms with van der Waals surface area (Å²) in [6, 6.07) is 23.0. The molecule has 36 heavy (non-hydrogen) atoms. The van der Waals surface area contributed by atoms with Gasteiger partial charge in [-0.1, -0.05) is 66.7 Å². The summed E-state index contributed by atoms with van der Waals surface area (Å²) in [6.45, 7) is 3.50. The average Bonchev–Trinajstić information content (AvgIpc) is 3.46. The zero-order chi connectivity index (χ0) is 24.9. The van der Waals surface area contributed by atoms with E-state index in [-0.39, 0.29) is 23.8 Å². The first kappa shape index (κ1) is 23.6. The zero-order valence-corrected chi connectivity index (χ0v) is 20.0. The first-order valence-corrected chi connectivity index (χ1v) is 12.3. The largest absolute Gasteiger partial charge is 0.346 e. The Labute approximate surface area is 209 Å². The Balaban J connectivity index is 1.39. The second-order valence-corrected chi connectivity index (χ2v) is 8.99. The summed E-state index contributed by atoms with van der Waals surface area (Å²) in [6.07, 6.45) is 2.37. The van der Waals surface area contributed by atoms with Gasteiger partial charge in [-0.3, -0.25) is 14.4 Å². The Hall–Kier alpha value is -4.10. The van der Waals surface area contributed by atoms with Crippen molar-refractivity contribution in [3.8, 4) is 0 Å². The first-order valence-electron chi connectivity index (χ1n) is 12.3. The van der Waals surface area contributed by atoms with Gasteiger partial charge in [0.1, 0.15) is 0 Å². The molecule has 1 aliphatic heterocycles. The molecule has 1 N–H and O–H groups in total. The van der Waals surface area contributed by atoms with Crippen LogP contribution in [0, 0.1) is 0 Å². The van der Waals surface area contributed by atoms with Crippen LogP contribution in [0.2, 0.25) is 0 Å². The third-order valence-corrected chi connectivity index (χ3v) is 6.64. The highest BCUT2D eigenvalue weighted by Crippen LogP contribution is 2.17. The molecule has 0 unspecified atom stereocenters. The van der Waals surface area contributed by atoms with Crippen molar-refractivity contribution in [2.75, 3.05) is 19.6 Å². The van der Waals surface area contributed by atoms with Crippen LogP contribution in [0.4, 0.5) is 0 Å². The van der Waals surface area contributed by atoms with Crippen LogP contribution in [0.5, 0.6) is 0 Å². The van der Waals surface area contributed by atoms with E-state index >= 15 is 0 Å². The lowest BCUT2D eigenvalue weighted by Gasteiger charge is -2.16. The van der Waals surface area contributed by atoms with Crippen LogP contribution in [0.1, 0.15) is 44.8 Å². The normalized spacial score (nSPS) is 13.7. The van der Waals surface area contributed by atoms with Crippen molar-refractivity contribution in [2.45, 2.75) is 25.9 Å². The molecule has 1 aromatic heterocycles. The lowest BCUT2D eigenvalue weighted by atomic mass is 9.98. The SMILES string of the molecule is O=C(NCc1nn(CCN2CCCC2)c(=O)c2ccccc12)c1ccccc1C(=O)c1ccccc1. The van der Waals surface area contributed by atoms with Crippen molar-refractivity contribution in [1.29, 1.82) is 0 Å². The van der Waals surface area contributed by atoms with Crippen molar-refractivity contribution in [3.05, 3.63) is 112 Å². The Bertz CT molecular complexity index is 1460. The fourth-order valence-electron chi connectivity index (χ4n) is 4.71. The molecular weight excluding hydrogens is 452 g/mol. The van der Waals surface area contributed by atoms with Gasteiger partial charge >= 0.3 is 0 Å². The van der Waals surface area contributed by atoms with Crippen molar-refractivity contribution >= 4 is 22.5 Å². The maximum absolute atomic E-state index is 13.2. The van der Waals surface area contributed by atoms with E-state index in [0.717, 1.165) is 19.6 Å². The maximum atomic E-state index is 13.2. The number of benzene rings is 3. The van der Waals surface area contributed by atoms with Crippen LogP contribution in [0.3, 0.4) is 0 Å². The fraction of sp³-hybridized carbons (Fsp3) is 0.241. The van der Waals surface area contributed by atoms with E-state index in [1.54, 1.807) is 54.6 Å². The number of ketones is 1.